The Morgan fingerprint density at radius 1 is 1.48 bits per heavy atom. The lowest BCUT2D eigenvalue weighted by Gasteiger charge is -2.32. The van der Waals surface area contributed by atoms with Crippen molar-refractivity contribution in [1.82, 2.24) is 10.6 Å². The van der Waals surface area contributed by atoms with Crippen LogP contribution in [-0.2, 0) is 9.59 Å². The molecular formula is C15H26N2O4. The molecule has 0 saturated carbocycles. The summed E-state index contributed by atoms with van der Waals surface area (Å²) in [7, 11) is 0. The lowest BCUT2D eigenvalue weighted by molar-refractivity contribution is -0.139. The van der Waals surface area contributed by atoms with Gasteiger partial charge in [0.1, 0.15) is 6.04 Å². The zero-order chi connectivity index (χ0) is 16.2. The molecule has 0 spiro atoms. The summed E-state index contributed by atoms with van der Waals surface area (Å²) in [6.07, 6.45) is 1.90. The van der Waals surface area contributed by atoms with E-state index >= 15 is 0 Å². The molecule has 1 heterocycles. The highest BCUT2D eigenvalue weighted by molar-refractivity contribution is 5.75. The third kappa shape index (κ3) is 4.82. The molecule has 4 N–H and O–H groups in total. The minimum atomic E-state index is -0.927. The van der Waals surface area contributed by atoms with Crippen molar-refractivity contribution in [2.45, 2.75) is 57.8 Å². The largest absolute Gasteiger partial charge is 0.480 e. The summed E-state index contributed by atoms with van der Waals surface area (Å²) in [4.78, 5) is 22.6. The van der Waals surface area contributed by atoms with Crippen molar-refractivity contribution in [2.75, 3.05) is 0 Å². The topological polar surface area (TPSA) is 98.7 Å². The quantitative estimate of drug-likeness (QED) is 0.514. The maximum absolute atomic E-state index is 11.4. The van der Waals surface area contributed by atoms with Gasteiger partial charge in [-0.1, -0.05) is 19.9 Å². The number of carboxylic acids is 1. The van der Waals surface area contributed by atoms with Gasteiger partial charge in [0.15, 0.2) is 0 Å². The number of carboxylic acid groups (broad SMARTS) is 1. The fraction of sp³-hybridized carbons (Fsp3) is 0.733. The highest BCUT2D eigenvalue weighted by Gasteiger charge is 2.42. The monoisotopic (exact) mass is 298 g/mol. The normalized spacial score (nSPS) is 28.1. The van der Waals surface area contributed by atoms with Gasteiger partial charge >= 0.3 is 5.97 Å². The number of carbonyl (C=O) groups excluding carboxylic acids is 1. The van der Waals surface area contributed by atoms with E-state index in [0.29, 0.717) is 12.8 Å². The van der Waals surface area contributed by atoms with E-state index in [4.69, 9.17) is 5.11 Å². The first-order valence-corrected chi connectivity index (χ1v) is 7.32. The molecule has 1 rings (SSSR count). The molecule has 1 unspecified atom stereocenters. The summed E-state index contributed by atoms with van der Waals surface area (Å²) >= 11 is 0. The molecule has 1 aliphatic heterocycles. The molecule has 120 valence electrons. The SMILES string of the molecule is C=C[C@@H]1C[C@H](C(=O)O)NC1[C@@H](NC(C)=O)[C@H](O)CC(C)C. The first-order chi connectivity index (χ1) is 9.76. The second-order valence-electron chi connectivity index (χ2n) is 6.14. The van der Waals surface area contributed by atoms with Gasteiger partial charge in [0.25, 0.3) is 0 Å². The van der Waals surface area contributed by atoms with E-state index in [1.165, 1.54) is 6.92 Å². The fourth-order valence-electron chi connectivity index (χ4n) is 2.92. The van der Waals surface area contributed by atoms with E-state index in [9.17, 15) is 14.7 Å². The number of hydrogen-bond acceptors (Lipinski definition) is 4. The lowest BCUT2D eigenvalue weighted by Crippen LogP contribution is -2.57. The maximum Gasteiger partial charge on any atom is 0.320 e. The van der Waals surface area contributed by atoms with Crippen LogP contribution in [0.5, 0.6) is 0 Å². The summed E-state index contributed by atoms with van der Waals surface area (Å²) in [5.74, 6) is -1.00. The highest BCUT2D eigenvalue weighted by Crippen LogP contribution is 2.27. The molecule has 1 saturated heterocycles. The van der Waals surface area contributed by atoms with Crippen molar-refractivity contribution < 1.29 is 19.8 Å². The minimum absolute atomic E-state index is 0.107. The van der Waals surface area contributed by atoms with Gasteiger partial charge in [-0.25, -0.2) is 0 Å². The average molecular weight is 298 g/mol. The molecule has 0 bridgehead atoms. The third-order valence-electron chi connectivity index (χ3n) is 3.85. The Kier molecular flexibility index (Phi) is 6.36. The number of nitrogens with one attached hydrogen (secondary N) is 2. The van der Waals surface area contributed by atoms with E-state index in [1.807, 2.05) is 13.8 Å². The van der Waals surface area contributed by atoms with E-state index in [-0.39, 0.29) is 23.8 Å². The lowest BCUT2D eigenvalue weighted by atomic mass is 9.88. The molecule has 1 aliphatic rings. The van der Waals surface area contributed by atoms with Gasteiger partial charge in [0.05, 0.1) is 12.1 Å². The number of hydrogen-bond donors (Lipinski definition) is 4. The van der Waals surface area contributed by atoms with Crippen LogP contribution in [0.1, 0.15) is 33.6 Å². The van der Waals surface area contributed by atoms with E-state index < -0.39 is 24.2 Å². The molecule has 6 heteroatoms. The van der Waals surface area contributed by atoms with Gasteiger partial charge in [0.2, 0.25) is 5.91 Å². The van der Waals surface area contributed by atoms with Gasteiger partial charge in [-0.2, -0.15) is 0 Å². The average Bonchev–Trinajstić information content (AvgIpc) is 2.78. The molecule has 0 aliphatic carbocycles. The van der Waals surface area contributed by atoms with Crippen LogP contribution in [0.3, 0.4) is 0 Å². The number of amides is 1. The third-order valence-corrected chi connectivity index (χ3v) is 3.85. The van der Waals surface area contributed by atoms with Gasteiger partial charge in [0, 0.05) is 13.0 Å². The van der Waals surface area contributed by atoms with Gasteiger partial charge in [-0.15, -0.1) is 6.58 Å². The molecule has 0 radical (unpaired) electrons. The van der Waals surface area contributed by atoms with E-state index in [1.54, 1.807) is 6.08 Å². The molecular weight excluding hydrogens is 272 g/mol. The number of aliphatic hydroxyl groups is 1. The zero-order valence-corrected chi connectivity index (χ0v) is 12.9. The van der Waals surface area contributed by atoms with Gasteiger partial charge in [-0.3, -0.25) is 14.9 Å². The Balaban J connectivity index is 2.92. The van der Waals surface area contributed by atoms with Crippen LogP contribution >= 0.6 is 0 Å². The molecule has 6 nitrogen and oxygen atoms in total. The smallest absolute Gasteiger partial charge is 0.320 e. The van der Waals surface area contributed by atoms with Crippen LogP contribution in [0.2, 0.25) is 0 Å². The highest BCUT2D eigenvalue weighted by atomic mass is 16.4. The second kappa shape index (κ2) is 7.56. The van der Waals surface area contributed by atoms with Crippen molar-refractivity contribution in [3.8, 4) is 0 Å². The zero-order valence-electron chi connectivity index (χ0n) is 12.9. The number of aliphatic carboxylic acids is 1. The van der Waals surface area contributed by atoms with Crippen LogP contribution in [-0.4, -0.2) is 46.3 Å². The van der Waals surface area contributed by atoms with Crippen LogP contribution in [0.4, 0.5) is 0 Å². The Labute approximate surface area is 125 Å². The second-order valence-corrected chi connectivity index (χ2v) is 6.14. The predicted octanol–water partition coefficient (Wildman–Crippen LogP) is 0.515. The van der Waals surface area contributed by atoms with Crippen molar-refractivity contribution in [2.24, 2.45) is 11.8 Å². The fourth-order valence-corrected chi connectivity index (χ4v) is 2.92. The first-order valence-electron chi connectivity index (χ1n) is 7.32. The van der Waals surface area contributed by atoms with Crippen LogP contribution in [0.15, 0.2) is 12.7 Å². The van der Waals surface area contributed by atoms with Gasteiger partial charge in [-0.05, 0) is 24.7 Å². The summed E-state index contributed by atoms with van der Waals surface area (Å²) < 4.78 is 0. The maximum atomic E-state index is 11.4. The first kappa shape index (κ1) is 17.7. The van der Waals surface area contributed by atoms with E-state index in [2.05, 4.69) is 17.2 Å². The van der Waals surface area contributed by atoms with Crippen LogP contribution in [0.25, 0.3) is 0 Å². The Hall–Kier alpha value is -1.40. The summed E-state index contributed by atoms with van der Waals surface area (Å²) in [6.45, 7) is 9.11. The molecule has 0 aromatic rings. The van der Waals surface area contributed by atoms with Crippen molar-refractivity contribution in [3.05, 3.63) is 12.7 Å². The summed E-state index contributed by atoms with van der Waals surface area (Å²) in [5.41, 5.74) is 0. The minimum Gasteiger partial charge on any atom is -0.480 e. The number of rotatable bonds is 7. The van der Waals surface area contributed by atoms with Gasteiger partial charge < -0.3 is 15.5 Å². The number of aliphatic hydroxyl groups excluding tert-OH is 1. The standard InChI is InChI=1S/C15H26N2O4/c1-5-10-7-11(15(20)21)17-13(10)14(16-9(4)18)12(19)6-8(2)3/h5,8,10-14,17,19H,1,6-7H2,2-4H3,(H,16,18)(H,20,21)/t10-,11-,12-,13?,14+/m1/s1. The molecule has 0 aromatic heterocycles. The summed E-state index contributed by atoms with van der Waals surface area (Å²) in [5, 5.41) is 25.3. The Morgan fingerprint density at radius 2 is 2.10 bits per heavy atom. The Morgan fingerprint density at radius 3 is 2.52 bits per heavy atom. The summed E-state index contributed by atoms with van der Waals surface area (Å²) in [6, 6.07) is -1.54. The number of carbonyl (C=O) groups is 2. The molecule has 5 atom stereocenters. The molecule has 1 amide bonds. The van der Waals surface area contributed by atoms with Crippen molar-refractivity contribution in [1.29, 1.82) is 0 Å². The predicted molar refractivity (Wildman–Crippen MR) is 79.7 cm³/mol. The molecule has 0 aromatic carbocycles. The molecule has 21 heavy (non-hydrogen) atoms. The van der Waals surface area contributed by atoms with Crippen molar-refractivity contribution >= 4 is 11.9 Å². The molecule has 1 fully saturated rings. The Bertz CT molecular complexity index is 397. The van der Waals surface area contributed by atoms with Crippen LogP contribution < -0.4 is 10.6 Å². The van der Waals surface area contributed by atoms with Crippen LogP contribution in [0, 0.1) is 11.8 Å². The van der Waals surface area contributed by atoms with E-state index in [0.717, 1.165) is 0 Å². The van der Waals surface area contributed by atoms with Crippen molar-refractivity contribution in [3.63, 3.8) is 0 Å².